The summed E-state index contributed by atoms with van der Waals surface area (Å²) in [7, 11) is 1.55. The van der Waals surface area contributed by atoms with E-state index in [1.807, 2.05) is 19.1 Å². The number of carbonyl (C=O) groups is 3. The molecule has 0 bridgehead atoms. The van der Waals surface area contributed by atoms with Crippen LogP contribution < -0.4 is 5.32 Å². The third kappa shape index (κ3) is 6.67. The van der Waals surface area contributed by atoms with Gasteiger partial charge in [-0.1, -0.05) is 17.7 Å². The normalized spacial score (nSPS) is 16.8. The average molecular weight is 517 g/mol. The van der Waals surface area contributed by atoms with Gasteiger partial charge in [0.25, 0.3) is 5.91 Å². The minimum atomic E-state index is -0.521. The van der Waals surface area contributed by atoms with Gasteiger partial charge in [0.15, 0.2) is 10.9 Å². The van der Waals surface area contributed by atoms with Crippen molar-refractivity contribution >= 4 is 34.2 Å². The number of amides is 3. The molecular formula is C25H32N4O6S. The molecule has 194 valence electrons. The summed E-state index contributed by atoms with van der Waals surface area (Å²) in [5.41, 5.74) is 2.15. The van der Waals surface area contributed by atoms with Gasteiger partial charge < -0.3 is 29.3 Å². The van der Waals surface area contributed by atoms with Gasteiger partial charge in [0.05, 0.1) is 31.9 Å². The molecule has 0 atom stereocenters. The Bertz CT molecular complexity index is 1060. The van der Waals surface area contributed by atoms with Crippen molar-refractivity contribution in [2.24, 2.45) is 0 Å². The van der Waals surface area contributed by atoms with Crippen molar-refractivity contribution in [1.29, 1.82) is 0 Å². The lowest BCUT2D eigenvalue weighted by molar-refractivity contribution is -0.187. The summed E-state index contributed by atoms with van der Waals surface area (Å²) < 4.78 is 16.5. The van der Waals surface area contributed by atoms with E-state index >= 15 is 0 Å². The highest BCUT2D eigenvalue weighted by atomic mass is 32.1. The quantitative estimate of drug-likeness (QED) is 0.543. The summed E-state index contributed by atoms with van der Waals surface area (Å²) in [6.45, 7) is 4.77. The monoisotopic (exact) mass is 516 g/mol. The van der Waals surface area contributed by atoms with E-state index in [0.29, 0.717) is 62.1 Å². The van der Waals surface area contributed by atoms with Crippen LogP contribution in [0.15, 0.2) is 29.6 Å². The average Bonchev–Trinajstić information content (AvgIpc) is 3.51. The molecule has 1 aromatic heterocycles. The van der Waals surface area contributed by atoms with Crippen LogP contribution in [0.4, 0.5) is 5.13 Å². The van der Waals surface area contributed by atoms with E-state index in [1.54, 1.807) is 29.5 Å². The van der Waals surface area contributed by atoms with Crippen molar-refractivity contribution < 1.29 is 28.6 Å². The van der Waals surface area contributed by atoms with Crippen molar-refractivity contribution in [2.45, 2.75) is 32.0 Å². The van der Waals surface area contributed by atoms with Gasteiger partial charge in [0, 0.05) is 50.5 Å². The Hall–Kier alpha value is -2.86. The maximum absolute atomic E-state index is 12.9. The first-order chi connectivity index (χ1) is 17.4. The minimum absolute atomic E-state index is 0.0135. The van der Waals surface area contributed by atoms with Crippen molar-refractivity contribution in [3.63, 3.8) is 0 Å². The largest absolute Gasteiger partial charge is 0.383 e. The number of piperidine rings is 1. The fourth-order valence-corrected chi connectivity index (χ4v) is 4.99. The SMILES string of the molecule is COCCN(CC(=O)Nc1nc(CC(=O)N2CCC3(CC2)OCCO3)cs1)C(=O)c1ccc(C)cc1. The van der Waals surface area contributed by atoms with Crippen LogP contribution in [0.25, 0.3) is 0 Å². The second-order valence-electron chi connectivity index (χ2n) is 8.94. The molecule has 2 fully saturated rings. The van der Waals surface area contributed by atoms with Crippen molar-refractivity contribution in [1.82, 2.24) is 14.8 Å². The van der Waals surface area contributed by atoms with Gasteiger partial charge in [-0.05, 0) is 19.1 Å². The van der Waals surface area contributed by atoms with E-state index in [2.05, 4.69) is 10.3 Å². The highest BCUT2D eigenvalue weighted by molar-refractivity contribution is 7.13. The van der Waals surface area contributed by atoms with Gasteiger partial charge in [0.1, 0.15) is 6.54 Å². The van der Waals surface area contributed by atoms with E-state index < -0.39 is 5.79 Å². The van der Waals surface area contributed by atoms with Gasteiger partial charge >= 0.3 is 0 Å². The summed E-state index contributed by atoms with van der Waals surface area (Å²) in [5.74, 6) is -1.14. The summed E-state index contributed by atoms with van der Waals surface area (Å²) in [6, 6.07) is 7.21. The van der Waals surface area contributed by atoms with Crippen molar-refractivity contribution in [2.75, 3.05) is 58.4 Å². The molecule has 3 heterocycles. The second-order valence-corrected chi connectivity index (χ2v) is 9.80. The molecule has 2 aliphatic heterocycles. The molecule has 0 aliphatic carbocycles. The highest BCUT2D eigenvalue weighted by Gasteiger charge is 2.40. The Morgan fingerprint density at radius 1 is 1.17 bits per heavy atom. The zero-order chi connectivity index (χ0) is 25.5. The summed E-state index contributed by atoms with van der Waals surface area (Å²) in [6.07, 6.45) is 1.49. The number of methoxy groups -OCH3 is 1. The van der Waals surface area contributed by atoms with Crippen molar-refractivity contribution in [3.05, 3.63) is 46.5 Å². The molecule has 1 aromatic carbocycles. The Morgan fingerprint density at radius 2 is 1.86 bits per heavy atom. The molecule has 36 heavy (non-hydrogen) atoms. The van der Waals surface area contributed by atoms with Gasteiger partial charge in [-0.15, -0.1) is 11.3 Å². The van der Waals surface area contributed by atoms with Gasteiger partial charge in [-0.2, -0.15) is 0 Å². The molecule has 11 heteroatoms. The number of benzene rings is 1. The van der Waals surface area contributed by atoms with Crippen LogP contribution >= 0.6 is 11.3 Å². The smallest absolute Gasteiger partial charge is 0.254 e. The number of likely N-dealkylation sites (tertiary alicyclic amines) is 1. The number of hydrogen-bond donors (Lipinski definition) is 1. The predicted molar refractivity (Wildman–Crippen MR) is 134 cm³/mol. The van der Waals surface area contributed by atoms with Gasteiger partial charge in [0.2, 0.25) is 11.8 Å². The zero-order valence-electron chi connectivity index (χ0n) is 20.7. The van der Waals surface area contributed by atoms with Gasteiger partial charge in [-0.25, -0.2) is 4.98 Å². The lowest BCUT2D eigenvalue weighted by atomic mass is 10.0. The molecule has 0 radical (unpaired) electrons. The third-order valence-corrected chi connectivity index (χ3v) is 7.11. The molecule has 2 aromatic rings. The maximum Gasteiger partial charge on any atom is 0.254 e. The van der Waals surface area contributed by atoms with Crippen LogP contribution in [0.2, 0.25) is 0 Å². The lowest BCUT2D eigenvalue weighted by Crippen LogP contribution is -2.47. The summed E-state index contributed by atoms with van der Waals surface area (Å²) >= 11 is 1.25. The number of rotatable bonds is 9. The number of ether oxygens (including phenoxy) is 3. The first-order valence-corrected chi connectivity index (χ1v) is 12.9. The third-order valence-electron chi connectivity index (χ3n) is 6.31. The molecule has 10 nitrogen and oxygen atoms in total. The van der Waals surface area contributed by atoms with Crippen LogP contribution in [0.5, 0.6) is 0 Å². The number of anilines is 1. The first kappa shape index (κ1) is 26.2. The van der Waals surface area contributed by atoms with Crippen LogP contribution in [0.3, 0.4) is 0 Å². The Morgan fingerprint density at radius 3 is 2.53 bits per heavy atom. The van der Waals surface area contributed by atoms with E-state index in [1.165, 1.54) is 16.2 Å². The maximum atomic E-state index is 12.9. The van der Waals surface area contributed by atoms with E-state index in [4.69, 9.17) is 14.2 Å². The Kier molecular flexibility index (Phi) is 8.68. The highest BCUT2D eigenvalue weighted by Crippen LogP contribution is 2.31. The number of nitrogens with one attached hydrogen (secondary N) is 1. The van der Waals surface area contributed by atoms with E-state index in [-0.39, 0.29) is 37.2 Å². The summed E-state index contributed by atoms with van der Waals surface area (Å²) in [5, 5.41) is 4.90. The summed E-state index contributed by atoms with van der Waals surface area (Å²) in [4.78, 5) is 46.0. The standard InChI is InChI=1S/C25H32N4O6S/c1-18-3-5-19(6-4-18)23(32)29(11-12-33-2)16-21(30)27-24-26-20(17-36-24)15-22(31)28-9-7-25(8-10-28)34-13-14-35-25/h3-6,17H,7-16H2,1-2H3,(H,26,27,30). The molecule has 2 aliphatic rings. The molecule has 0 saturated carbocycles. The molecule has 1 spiro atoms. The lowest BCUT2D eigenvalue weighted by Gasteiger charge is -2.37. The Labute approximate surface area is 214 Å². The second kappa shape index (κ2) is 11.9. The number of aryl methyl sites for hydroxylation is 1. The van der Waals surface area contributed by atoms with Gasteiger partial charge in [-0.3, -0.25) is 14.4 Å². The van der Waals surface area contributed by atoms with Crippen LogP contribution in [-0.2, 0) is 30.2 Å². The number of carbonyl (C=O) groups excluding carboxylic acids is 3. The number of nitrogens with zero attached hydrogens (tertiary/aromatic N) is 3. The minimum Gasteiger partial charge on any atom is -0.383 e. The first-order valence-electron chi connectivity index (χ1n) is 12.0. The van der Waals surface area contributed by atoms with Crippen LogP contribution in [0.1, 0.15) is 34.5 Å². The fourth-order valence-electron chi connectivity index (χ4n) is 4.26. The van der Waals surface area contributed by atoms with Crippen LogP contribution in [-0.4, -0.2) is 91.4 Å². The topological polar surface area (TPSA) is 110 Å². The number of thiazole rings is 1. The molecule has 0 unspecified atom stereocenters. The fraction of sp³-hybridized carbons (Fsp3) is 0.520. The molecule has 4 rings (SSSR count). The molecule has 3 amide bonds. The van der Waals surface area contributed by atoms with E-state index in [0.717, 1.165) is 5.56 Å². The van der Waals surface area contributed by atoms with Crippen molar-refractivity contribution in [3.8, 4) is 0 Å². The molecule has 2 saturated heterocycles. The molecule has 1 N–H and O–H groups in total. The molecular weight excluding hydrogens is 484 g/mol. The van der Waals surface area contributed by atoms with Crippen LogP contribution in [0, 0.1) is 6.92 Å². The number of hydrogen-bond acceptors (Lipinski definition) is 8. The Balaban J connectivity index is 1.29. The predicted octanol–water partition coefficient (Wildman–Crippen LogP) is 2.09. The van der Waals surface area contributed by atoms with E-state index in [9.17, 15) is 14.4 Å². The zero-order valence-corrected chi connectivity index (χ0v) is 21.5. The number of aromatic nitrogens is 1.